The van der Waals surface area contributed by atoms with Gasteiger partial charge in [0.1, 0.15) is 5.65 Å². The number of fused-ring (bicyclic) bond motifs is 3. The molecule has 2 aromatic heterocycles. The fourth-order valence-electron chi connectivity index (χ4n) is 3.26. The Labute approximate surface area is 103 Å². The van der Waals surface area contributed by atoms with Gasteiger partial charge in [-0.15, -0.1) is 0 Å². The molecule has 90 valence electrons. The van der Waals surface area contributed by atoms with Crippen molar-refractivity contribution in [2.45, 2.75) is 52.4 Å². The Hall–Kier alpha value is -1.31. The summed E-state index contributed by atoms with van der Waals surface area (Å²) >= 11 is 0. The average Bonchev–Trinajstić information content (AvgIpc) is 2.66. The van der Waals surface area contributed by atoms with Crippen molar-refractivity contribution in [2.24, 2.45) is 0 Å². The van der Waals surface area contributed by atoms with Gasteiger partial charge in [0, 0.05) is 17.3 Å². The van der Waals surface area contributed by atoms with Crippen LogP contribution in [0.25, 0.3) is 5.65 Å². The van der Waals surface area contributed by atoms with Gasteiger partial charge in [-0.2, -0.15) is 0 Å². The van der Waals surface area contributed by atoms with E-state index in [9.17, 15) is 0 Å². The van der Waals surface area contributed by atoms with Crippen molar-refractivity contribution >= 4 is 5.65 Å². The summed E-state index contributed by atoms with van der Waals surface area (Å²) in [4.78, 5) is 4.84. The van der Waals surface area contributed by atoms with Crippen LogP contribution in [-0.4, -0.2) is 9.38 Å². The molecule has 0 fully saturated rings. The molecule has 0 N–H and O–H groups in total. The Balaban J connectivity index is 2.32. The number of pyridine rings is 1. The van der Waals surface area contributed by atoms with Gasteiger partial charge in [-0.05, 0) is 57.2 Å². The molecule has 0 spiro atoms. The summed E-state index contributed by atoms with van der Waals surface area (Å²) in [6.45, 7) is 6.64. The predicted molar refractivity (Wildman–Crippen MR) is 70.6 cm³/mol. The Kier molecular flexibility index (Phi) is 2.46. The van der Waals surface area contributed by atoms with E-state index in [0.717, 1.165) is 12.1 Å². The third-order valence-corrected chi connectivity index (χ3v) is 4.01. The topological polar surface area (TPSA) is 17.3 Å². The first-order valence-corrected chi connectivity index (χ1v) is 6.69. The maximum atomic E-state index is 4.84. The lowest BCUT2D eigenvalue weighted by Crippen LogP contribution is -2.11. The van der Waals surface area contributed by atoms with Crippen LogP contribution in [0.1, 0.15) is 54.7 Å². The van der Waals surface area contributed by atoms with Gasteiger partial charge in [0.2, 0.25) is 0 Å². The van der Waals surface area contributed by atoms with Crippen LogP contribution in [0.15, 0.2) is 12.1 Å². The van der Waals surface area contributed by atoms with Crippen LogP contribution in [-0.2, 0) is 6.42 Å². The van der Waals surface area contributed by atoms with Crippen molar-refractivity contribution in [3.05, 3.63) is 34.8 Å². The first kappa shape index (κ1) is 10.8. The van der Waals surface area contributed by atoms with Gasteiger partial charge in [0.25, 0.3) is 0 Å². The molecular formula is C15H20N2. The monoisotopic (exact) mass is 228 g/mol. The number of nitrogens with zero attached hydrogens (tertiary/aromatic N) is 2. The van der Waals surface area contributed by atoms with E-state index >= 15 is 0 Å². The summed E-state index contributed by atoms with van der Waals surface area (Å²) in [5, 5.41) is 0. The maximum Gasteiger partial charge on any atom is 0.137 e. The minimum absolute atomic E-state index is 0.704. The van der Waals surface area contributed by atoms with E-state index in [0.29, 0.717) is 5.92 Å². The predicted octanol–water partition coefficient (Wildman–Crippen LogP) is 3.78. The molecule has 2 heteroatoms. The molecule has 1 aliphatic carbocycles. The SMILES string of the molecule is CCC1CCCc2nc3cc(C)cc(C)n3c21. The fourth-order valence-corrected chi connectivity index (χ4v) is 3.26. The van der Waals surface area contributed by atoms with Crippen LogP contribution < -0.4 is 0 Å². The van der Waals surface area contributed by atoms with Crippen molar-refractivity contribution in [1.82, 2.24) is 9.38 Å². The summed E-state index contributed by atoms with van der Waals surface area (Å²) in [7, 11) is 0. The summed E-state index contributed by atoms with van der Waals surface area (Å²) in [6.07, 6.45) is 5.01. The normalized spacial score (nSPS) is 19.6. The number of rotatable bonds is 1. The fraction of sp³-hybridized carbons (Fsp3) is 0.533. The summed E-state index contributed by atoms with van der Waals surface area (Å²) in [6, 6.07) is 4.47. The Morgan fingerprint density at radius 1 is 1.35 bits per heavy atom. The first-order valence-electron chi connectivity index (χ1n) is 6.69. The standard InChI is InChI=1S/C15H20N2/c1-4-12-6-5-7-13-15(12)17-11(3)8-10(2)9-14(17)16-13/h8-9,12H,4-7H2,1-3H3. The molecule has 0 radical (unpaired) electrons. The second-order valence-electron chi connectivity index (χ2n) is 5.31. The molecule has 2 nitrogen and oxygen atoms in total. The van der Waals surface area contributed by atoms with Crippen LogP contribution in [0, 0.1) is 13.8 Å². The van der Waals surface area contributed by atoms with E-state index in [4.69, 9.17) is 4.98 Å². The number of hydrogen-bond acceptors (Lipinski definition) is 1. The van der Waals surface area contributed by atoms with E-state index in [2.05, 4.69) is 37.3 Å². The molecule has 0 aliphatic heterocycles. The smallest absolute Gasteiger partial charge is 0.137 e. The molecule has 1 aliphatic rings. The van der Waals surface area contributed by atoms with E-state index < -0.39 is 0 Å². The van der Waals surface area contributed by atoms with Crippen LogP contribution in [0.3, 0.4) is 0 Å². The lowest BCUT2D eigenvalue weighted by atomic mass is 9.88. The molecule has 1 unspecified atom stereocenters. The van der Waals surface area contributed by atoms with Gasteiger partial charge in [0.15, 0.2) is 0 Å². The molecular weight excluding hydrogens is 208 g/mol. The summed E-state index contributed by atoms with van der Waals surface area (Å²) < 4.78 is 2.38. The second-order valence-corrected chi connectivity index (χ2v) is 5.31. The third-order valence-electron chi connectivity index (χ3n) is 4.01. The van der Waals surface area contributed by atoms with E-state index in [1.165, 1.54) is 41.9 Å². The highest BCUT2D eigenvalue weighted by molar-refractivity contribution is 5.49. The minimum Gasteiger partial charge on any atom is -0.301 e. The van der Waals surface area contributed by atoms with Gasteiger partial charge >= 0.3 is 0 Å². The van der Waals surface area contributed by atoms with Crippen LogP contribution in [0.4, 0.5) is 0 Å². The second kappa shape index (κ2) is 3.86. The van der Waals surface area contributed by atoms with Gasteiger partial charge < -0.3 is 4.40 Å². The zero-order valence-corrected chi connectivity index (χ0v) is 11.0. The molecule has 0 bridgehead atoms. The molecule has 17 heavy (non-hydrogen) atoms. The van der Waals surface area contributed by atoms with E-state index in [1.54, 1.807) is 0 Å². The molecule has 0 saturated heterocycles. The minimum atomic E-state index is 0.704. The Bertz CT molecular complexity index is 566. The molecule has 2 aromatic rings. The van der Waals surface area contributed by atoms with Crippen molar-refractivity contribution in [3.8, 4) is 0 Å². The number of aromatic nitrogens is 2. The van der Waals surface area contributed by atoms with Gasteiger partial charge in [-0.1, -0.05) is 6.92 Å². The van der Waals surface area contributed by atoms with E-state index in [-0.39, 0.29) is 0 Å². The number of hydrogen-bond donors (Lipinski definition) is 0. The lowest BCUT2D eigenvalue weighted by molar-refractivity contribution is 0.519. The van der Waals surface area contributed by atoms with Crippen molar-refractivity contribution in [2.75, 3.05) is 0 Å². The van der Waals surface area contributed by atoms with E-state index in [1.807, 2.05) is 0 Å². The third kappa shape index (κ3) is 1.58. The van der Waals surface area contributed by atoms with Crippen molar-refractivity contribution < 1.29 is 0 Å². The number of imidazole rings is 1. The molecule has 0 amide bonds. The van der Waals surface area contributed by atoms with Crippen molar-refractivity contribution in [3.63, 3.8) is 0 Å². The molecule has 0 saturated carbocycles. The average molecular weight is 228 g/mol. The van der Waals surface area contributed by atoms with Gasteiger partial charge in [0.05, 0.1) is 5.69 Å². The van der Waals surface area contributed by atoms with Crippen molar-refractivity contribution in [1.29, 1.82) is 0 Å². The molecule has 2 heterocycles. The molecule has 3 rings (SSSR count). The van der Waals surface area contributed by atoms with Crippen LogP contribution >= 0.6 is 0 Å². The highest BCUT2D eigenvalue weighted by Gasteiger charge is 2.24. The van der Waals surface area contributed by atoms with Crippen LogP contribution in [0.5, 0.6) is 0 Å². The molecule has 1 atom stereocenters. The Morgan fingerprint density at radius 3 is 2.94 bits per heavy atom. The highest BCUT2D eigenvalue weighted by Crippen LogP contribution is 2.34. The van der Waals surface area contributed by atoms with Gasteiger partial charge in [-0.25, -0.2) is 4.98 Å². The quantitative estimate of drug-likeness (QED) is 0.726. The zero-order valence-electron chi connectivity index (χ0n) is 11.0. The first-order chi connectivity index (χ1) is 8.20. The molecule has 0 aromatic carbocycles. The summed E-state index contributed by atoms with van der Waals surface area (Å²) in [5.41, 5.74) is 6.62. The largest absolute Gasteiger partial charge is 0.301 e. The highest BCUT2D eigenvalue weighted by atomic mass is 15.0. The number of aryl methyl sites for hydroxylation is 3. The maximum absolute atomic E-state index is 4.84. The van der Waals surface area contributed by atoms with Gasteiger partial charge in [-0.3, -0.25) is 0 Å². The Morgan fingerprint density at radius 2 is 2.18 bits per heavy atom. The zero-order chi connectivity index (χ0) is 12.0. The lowest BCUT2D eigenvalue weighted by Gasteiger charge is -2.21. The summed E-state index contributed by atoms with van der Waals surface area (Å²) in [5.74, 6) is 0.704. The van der Waals surface area contributed by atoms with Crippen LogP contribution in [0.2, 0.25) is 0 Å².